The first kappa shape index (κ1) is 50.5. The number of allylic oxidation sites excluding steroid dienone is 6. The summed E-state index contributed by atoms with van der Waals surface area (Å²) in [5, 5.41) is 1.36. The van der Waals surface area contributed by atoms with Crippen LogP contribution in [0.1, 0.15) is 57.6 Å². The van der Waals surface area contributed by atoms with Crippen LogP contribution in [0.15, 0.2) is 100 Å². The predicted molar refractivity (Wildman–Crippen MR) is 246 cm³/mol. The highest BCUT2D eigenvalue weighted by Gasteiger charge is 2.47. The van der Waals surface area contributed by atoms with Gasteiger partial charge in [0, 0.05) is 52.9 Å². The SMILES string of the molecule is CC1(C)C(/C=C/C=C/C=C2/N(CCCS(=O)(=O)O)c3ccc4c(S(=O)(=O)O)cc(S(=O)(=O)O)cc4c3C2(C)CCCS(=O)(=O)O)=[N+](CCCS(=O)(=O)O)c2ccc3cc(OC=O)ccc3c21. The van der Waals surface area contributed by atoms with Crippen molar-refractivity contribution in [1.29, 1.82) is 0 Å². The lowest BCUT2D eigenvalue weighted by atomic mass is 9.75. The van der Waals surface area contributed by atoms with Crippen LogP contribution in [0.4, 0.5) is 11.4 Å². The molecule has 24 heteroatoms. The molecular formula is C42H47N2O17S5+. The van der Waals surface area contributed by atoms with Crippen LogP contribution in [0, 0.1) is 0 Å². The molecule has 4 aromatic carbocycles. The molecule has 0 aromatic heterocycles. The highest BCUT2D eigenvalue weighted by Crippen LogP contribution is 2.54. The number of hydrogen-bond donors (Lipinski definition) is 5. The van der Waals surface area contributed by atoms with Crippen molar-refractivity contribution in [1.82, 2.24) is 0 Å². The molecular weight excluding hydrogens is 965 g/mol. The Morgan fingerprint density at radius 2 is 1.30 bits per heavy atom. The van der Waals surface area contributed by atoms with E-state index in [-0.39, 0.29) is 60.8 Å². The minimum absolute atomic E-state index is 0.0636. The van der Waals surface area contributed by atoms with Crippen molar-refractivity contribution in [2.45, 2.75) is 67.1 Å². The summed E-state index contributed by atoms with van der Waals surface area (Å²) in [5.74, 6) is -1.57. The molecule has 0 amide bonds. The maximum atomic E-state index is 12.7. The van der Waals surface area contributed by atoms with E-state index in [9.17, 15) is 69.6 Å². The number of carbonyl (C=O) groups excluding carboxylic acids is 1. The molecule has 5 N–H and O–H groups in total. The first-order valence-electron chi connectivity index (χ1n) is 20.0. The van der Waals surface area contributed by atoms with Crippen molar-refractivity contribution in [2.75, 3.05) is 35.2 Å². The fourth-order valence-electron chi connectivity index (χ4n) is 9.07. The fraction of sp³-hybridized carbons (Fsp3) is 0.333. The number of anilines is 1. The van der Waals surface area contributed by atoms with Gasteiger partial charge in [0.15, 0.2) is 5.71 Å². The largest absolute Gasteiger partial charge is 0.429 e. The van der Waals surface area contributed by atoms with Crippen LogP contribution in [0.2, 0.25) is 0 Å². The number of fused-ring (bicyclic) bond motifs is 6. The molecule has 19 nitrogen and oxygen atoms in total. The van der Waals surface area contributed by atoms with Crippen molar-refractivity contribution in [2.24, 2.45) is 0 Å². The zero-order valence-corrected chi connectivity index (χ0v) is 39.7. The molecule has 6 rings (SSSR count). The van der Waals surface area contributed by atoms with E-state index >= 15 is 0 Å². The molecule has 0 radical (unpaired) electrons. The molecule has 0 spiro atoms. The molecule has 0 aliphatic carbocycles. The molecule has 2 aliphatic heterocycles. The minimum atomic E-state index is -5.13. The van der Waals surface area contributed by atoms with Crippen molar-refractivity contribution in [3.63, 3.8) is 0 Å². The number of benzene rings is 4. The zero-order valence-electron chi connectivity index (χ0n) is 35.6. The first-order valence-corrected chi connectivity index (χ1v) is 27.7. The van der Waals surface area contributed by atoms with Gasteiger partial charge in [-0.1, -0.05) is 30.4 Å². The normalized spacial score (nSPS) is 18.6. The molecule has 1 unspecified atom stereocenters. The quantitative estimate of drug-likeness (QED) is 0.0340. The van der Waals surface area contributed by atoms with Gasteiger partial charge in [0.1, 0.15) is 17.2 Å². The van der Waals surface area contributed by atoms with Crippen molar-refractivity contribution >= 4 is 95.7 Å². The number of nitrogens with zero attached hydrogens (tertiary/aromatic N) is 2. The second kappa shape index (κ2) is 18.3. The van der Waals surface area contributed by atoms with Crippen LogP contribution in [0.25, 0.3) is 21.5 Å². The van der Waals surface area contributed by atoms with Gasteiger partial charge in [-0.3, -0.25) is 27.6 Å². The summed E-state index contributed by atoms with van der Waals surface area (Å²) in [6.07, 6.45) is 7.96. The molecule has 0 fully saturated rings. The predicted octanol–water partition coefficient (Wildman–Crippen LogP) is 5.40. The van der Waals surface area contributed by atoms with Crippen LogP contribution in [0.3, 0.4) is 0 Å². The Kier molecular flexibility index (Phi) is 14.0. The Morgan fingerprint density at radius 3 is 1.92 bits per heavy atom. The highest BCUT2D eigenvalue weighted by atomic mass is 32.2. The molecule has 0 saturated heterocycles. The topological polar surface area (TPSA) is 304 Å². The summed E-state index contributed by atoms with van der Waals surface area (Å²) >= 11 is 0. The highest BCUT2D eigenvalue weighted by molar-refractivity contribution is 7.87. The van der Waals surface area contributed by atoms with E-state index < -0.39 is 88.5 Å². The number of carbonyl (C=O) groups is 1. The third-order valence-corrected chi connectivity index (χ3v) is 15.8. The van der Waals surface area contributed by atoms with Gasteiger partial charge in [0.25, 0.3) is 57.1 Å². The Balaban J connectivity index is 1.51. The van der Waals surface area contributed by atoms with Crippen molar-refractivity contribution < 1.29 is 79.0 Å². The molecule has 356 valence electrons. The first-order chi connectivity index (χ1) is 30.5. The van der Waals surface area contributed by atoms with E-state index in [4.69, 9.17) is 4.74 Å². The average Bonchev–Trinajstić information content (AvgIpc) is 3.54. The smallest absolute Gasteiger partial charge is 0.298 e. The summed E-state index contributed by atoms with van der Waals surface area (Å²) in [7, 11) is -23.5. The number of hydrogen-bond acceptors (Lipinski definition) is 13. The van der Waals surface area contributed by atoms with E-state index in [1.807, 2.05) is 36.6 Å². The third kappa shape index (κ3) is 10.9. The molecule has 2 aliphatic rings. The van der Waals surface area contributed by atoms with E-state index in [1.165, 1.54) is 12.1 Å². The van der Waals surface area contributed by atoms with Crippen LogP contribution in [0.5, 0.6) is 5.75 Å². The third-order valence-electron chi connectivity index (χ3n) is 11.7. The van der Waals surface area contributed by atoms with Gasteiger partial charge in [-0.2, -0.15) is 46.7 Å². The van der Waals surface area contributed by atoms with Gasteiger partial charge < -0.3 is 9.64 Å². The second-order valence-electron chi connectivity index (χ2n) is 16.6. The average molecular weight is 1010 g/mol. The van der Waals surface area contributed by atoms with Gasteiger partial charge >= 0.3 is 0 Å². The monoisotopic (exact) mass is 1010 g/mol. The van der Waals surface area contributed by atoms with Crippen LogP contribution >= 0.6 is 0 Å². The molecule has 66 heavy (non-hydrogen) atoms. The standard InChI is InChI=1S/C42H46N2O17S5/c1-41(2)37(43(19-8-22-63(49,50)51)34-16-12-28-24-29(61-27-45)13-14-31(28)39(34)41)10-5-4-6-11-38-42(3,18-7-21-62(46,47)48)40-33-25-30(65(55,56)57)26-36(66(58,59)60)32(33)15-17-35(40)44(38)20-9-23-64(52,53)54/h4-6,10-17,24-27H,7-9,18-23H2,1-3H3,(H4-,46,47,48,49,50,51,52,53,54,55,56,57,58,59,60)/p+1. The Hall–Kier alpha value is -4.89. The van der Waals surface area contributed by atoms with Gasteiger partial charge in [-0.15, -0.1) is 0 Å². The summed E-state index contributed by atoms with van der Waals surface area (Å²) in [4.78, 5) is 10.9. The summed E-state index contributed by atoms with van der Waals surface area (Å²) in [6, 6.07) is 13.2. The Bertz CT molecular complexity index is 3360. The summed E-state index contributed by atoms with van der Waals surface area (Å²) in [6.45, 7) is 5.98. The lowest BCUT2D eigenvalue weighted by molar-refractivity contribution is -0.437. The minimum Gasteiger partial charge on any atom is -0.429 e. The Morgan fingerprint density at radius 1 is 0.667 bits per heavy atom. The van der Waals surface area contributed by atoms with E-state index in [1.54, 1.807) is 54.3 Å². The van der Waals surface area contributed by atoms with Gasteiger partial charge in [0.05, 0.1) is 27.6 Å². The van der Waals surface area contributed by atoms with E-state index in [0.717, 1.165) is 33.8 Å². The van der Waals surface area contributed by atoms with Crippen molar-refractivity contribution in [3.8, 4) is 5.75 Å². The molecule has 0 bridgehead atoms. The van der Waals surface area contributed by atoms with Gasteiger partial charge in [-0.25, -0.2) is 0 Å². The molecule has 4 aromatic rings. The maximum Gasteiger partial charge on any atom is 0.298 e. The maximum absolute atomic E-state index is 12.7. The molecule has 2 heterocycles. The van der Waals surface area contributed by atoms with Gasteiger partial charge in [0.2, 0.25) is 5.69 Å². The van der Waals surface area contributed by atoms with Crippen molar-refractivity contribution in [3.05, 3.63) is 102 Å². The van der Waals surface area contributed by atoms with Crippen LogP contribution in [-0.2, 0) is 66.2 Å². The van der Waals surface area contributed by atoms with Gasteiger partial charge in [-0.05, 0) is 104 Å². The molecule has 0 saturated carbocycles. The Labute approximate surface area is 382 Å². The fourth-order valence-corrected chi connectivity index (χ4v) is 11.9. The molecule has 1 atom stereocenters. The van der Waals surface area contributed by atoms with Crippen LogP contribution < -0.4 is 9.64 Å². The van der Waals surface area contributed by atoms with Crippen LogP contribution in [-0.4, -0.2) is 112 Å². The summed E-state index contributed by atoms with van der Waals surface area (Å²) < 4.78 is 177. The number of ether oxygens (including phenoxy) is 1. The van der Waals surface area contributed by atoms with E-state index in [2.05, 4.69) is 0 Å². The number of rotatable bonds is 19. The summed E-state index contributed by atoms with van der Waals surface area (Å²) in [5.41, 5.74) is 1.16. The van der Waals surface area contributed by atoms with E-state index in [0.29, 0.717) is 24.0 Å². The lowest BCUT2D eigenvalue weighted by Crippen LogP contribution is -2.30. The second-order valence-corrected chi connectivity index (χ2v) is 24.1. The lowest BCUT2D eigenvalue weighted by Gasteiger charge is -2.31. The zero-order chi connectivity index (χ0) is 48.8.